The van der Waals surface area contributed by atoms with Gasteiger partial charge in [0.25, 0.3) is 0 Å². The van der Waals surface area contributed by atoms with E-state index in [2.05, 4.69) is 97.6 Å². The first-order chi connectivity index (χ1) is 13.6. The molecule has 3 rings (SSSR count). The molecule has 0 spiro atoms. The molecule has 29 heavy (non-hydrogen) atoms. The Labute approximate surface area is 188 Å². The van der Waals surface area contributed by atoms with E-state index in [1.165, 1.54) is 15.9 Å². The van der Waals surface area contributed by atoms with Crippen molar-refractivity contribution < 1.29 is 34.3 Å². The van der Waals surface area contributed by atoms with Crippen molar-refractivity contribution in [2.75, 3.05) is 0 Å². The summed E-state index contributed by atoms with van der Waals surface area (Å²) in [6.07, 6.45) is -0.278. The summed E-state index contributed by atoms with van der Waals surface area (Å²) in [4.78, 5) is 0. The first-order valence-electron chi connectivity index (χ1n) is 9.09. The van der Waals surface area contributed by atoms with Crippen LogP contribution in [0.25, 0.3) is 0 Å². The zero-order chi connectivity index (χ0) is 20.8. The molecule has 3 aromatic rings. The van der Waals surface area contributed by atoms with Crippen molar-refractivity contribution in [2.24, 2.45) is 0 Å². The van der Waals surface area contributed by atoms with E-state index in [0.29, 0.717) is 6.42 Å². The van der Waals surface area contributed by atoms with Gasteiger partial charge in [0.15, 0.2) is 0 Å². The van der Waals surface area contributed by atoms with E-state index in [-0.39, 0.29) is 31.7 Å². The average Bonchev–Trinajstić information content (AvgIpc) is 2.72. The van der Waals surface area contributed by atoms with E-state index in [9.17, 15) is 0 Å². The molecule has 155 valence electrons. The Morgan fingerprint density at radius 2 is 0.897 bits per heavy atom. The first-order valence-corrected chi connectivity index (χ1v) is 10.4. The summed E-state index contributed by atoms with van der Waals surface area (Å²) in [5, 5.41) is 21.3. The summed E-state index contributed by atoms with van der Waals surface area (Å²) in [6, 6.07) is 32.3. The molecule has 0 saturated carbocycles. The third kappa shape index (κ3) is 10.6. The van der Waals surface area contributed by atoms with Crippen LogP contribution in [0.3, 0.4) is 0 Å². The Bertz CT molecular complexity index is 678. The summed E-state index contributed by atoms with van der Waals surface area (Å²) in [7, 11) is -0.446. The number of hydrogen-bond donors (Lipinski definition) is 2. The Hall–Kier alpha value is -1.63. The average molecular weight is 497 g/mol. The summed E-state index contributed by atoms with van der Waals surface area (Å²) in [6.45, 7) is 7.82. The van der Waals surface area contributed by atoms with Crippen molar-refractivity contribution in [1.82, 2.24) is 0 Å². The molecular weight excluding hydrogens is 470 g/mol. The Morgan fingerprint density at radius 1 is 0.655 bits per heavy atom. The summed E-state index contributed by atoms with van der Waals surface area (Å²) in [5.41, 5.74) is 0. The molecule has 5 heteroatoms. The monoisotopic (exact) mass is 497 g/mol. The van der Waals surface area contributed by atoms with Crippen LogP contribution >= 0.6 is 7.92 Å². The van der Waals surface area contributed by atoms with Gasteiger partial charge in [0.05, 0.1) is 12.2 Å². The first kappa shape index (κ1) is 27.4. The van der Waals surface area contributed by atoms with Crippen LogP contribution in [0.5, 0.6) is 0 Å². The van der Waals surface area contributed by atoms with Gasteiger partial charge in [0.1, 0.15) is 0 Å². The van der Waals surface area contributed by atoms with E-state index < -0.39 is 7.92 Å². The van der Waals surface area contributed by atoms with Crippen molar-refractivity contribution in [1.29, 1.82) is 0 Å². The maximum absolute atomic E-state index is 8.56. The van der Waals surface area contributed by atoms with Gasteiger partial charge in [-0.15, -0.1) is 0 Å². The van der Waals surface area contributed by atoms with Crippen LogP contribution in [-0.2, 0) is 24.1 Å². The molecule has 2 atom stereocenters. The third-order valence-electron chi connectivity index (χ3n) is 3.73. The molecule has 0 aliphatic carbocycles. The molecular formula is C24H27O3PRh. The Kier molecular flexibility index (Phi) is 15.3. The van der Waals surface area contributed by atoms with E-state index in [1.54, 1.807) is 13.8 Å². The largest absolute Gasteiger partial charge is 0.0622 e. The smallest absolute Gasteiger partial charge is 0 e. The zero-order valence-corrected chi connectivity index (χ0v) is 19.1. The van der Waals surface area contributed by atoms with Gasteiger partial charge >= 0.3 is 11.3 Å². The van der Waals surface area contributed by atoms with Gasteiger partial charge in [-0.25, -0.2) is 0 Å². The summed E-state index contributed by atoms with van der Waals surface area (Å²) >= 11 is 0. The quantitative estimate of drug-likeness (QED) is 0.245. The van der Waals surface area contributed by atoms with Crippen LogP contribution in [0.4, 0.5) is 0 Å². The number of hydrogen-bond acceptors (Lipinski definition) is 2. The van der Waals surface area contributed by atoms with Gasteiger partial charge in [-0.1, -0.05) is 91.0 Å². The predicted molar refractivity (Wildman–Crippen MR) is 117 cm³/mol. The van der Waals surface area contributed by atoms with E-state index in [0.717, 1.165) is 0 Å². The fourth-order valence-electron chi connectivity index (χ4n) is 2.67. The molecule has 2 N–H and O–H groups in total. The van der Waals surface area contributed by atoms with Crippen molar-refractivity contribution in [3.63, 3.8) is 0 Å². The maximum Gasteiger partial charge on any atom is 0 e. The molecule has 0 amide bonds. The summed E-state index contributed by atoms with van der Waals surface area (Å²) in [5.74, 6) is 0. The SMILES string of the molecule is CC(O)CC(C)O.[C-]#[O+].[Rh].c1ccc(P(c2ccccc2)c2ccccc2)cc1. The van der Waals surface area contributed by atoms with Crippen LogP contribution in [0.2, 0.25) is 0 Å². The minimum absolute atomic E-state index is 0. The number of aliphatic hydroxyl groups is 2. The predicted octanol–water partition coefficient (Wildman–Crippen LogP) is 3.54. The topological polar surface area (TPSA) is 60.4 Å². The van der Waals surface area contributed by atoms with Crippen LogP contribution in [0, 0.1) is 6.65 Å². The minimum Gasteiger partial charge on any atom is -0.0622 e. The van der Waals surface area contributed by atoms with Crippen molar-refractivity contribution in [3.05, 3.63) is 97.6 Å². The van der Waals surface area contributed by atoms with Crippen molar-refractivity contribution >= 4 is 23.8 Å². The van der Waals surface area contributed by atoms with Gasteiger partial charge in [0, 0.05) is 19.5 Å². The second-order valence-corrected chi connectivity index (χ2v) is 8.50. The molecule has 0 saturated heterocycles. The Balaban J connectivity index is 0.000000675. The van der Waals surface area contributed by atoms with Crippen molar-refractivity contribution in [2.45, 2.75) is 32.5 Å². The van der Waals surface area contributed by atoms with Gasteiger partial charge in [-0.2, -0.15) is 0 Å². The second-order valence-electron chi connectivity index (χ2n) is 6.28. The molecule has 0 heterocycles. The van der Waals surface area contributed by atoms with Gasteiger partial charge < -0.3 is 10.2 Å². The molecule has 0 aromatic heterocycles. The van der Waals surface area contributed by atoms with E-state index in [4.69, 9.17) is 14.9 Å². The number of aliphatic hydroxyl groups excluding tert-OH is 2. The van der Waals surface area contributed by atoms with Crippen LogP contribution in [-0.4, -0.2) is 22.4 Å². The molecule has 0 aliphatic heterocycles. The molecule has 0 aliphatic rings. The van der Waals surface area contributed by atoms with Gasteiger partial charge in [0.2, 0.25) is 0 Å². The minimum atomic E-state index is -0.446. The van der Waals surface area contributed by atoms with Crippen LogP contribution < -0.4 is 15.9 Å². The molecule has 2 unspecified atom stereocenters. The second kappa shape index (κ2) is 16.2. The molecule has 0 bridgehead atoms. The molecule has 0 fully saturated rings. The normalized spacial score (nSPS) is 11.6. The van der Waals surface area contributed by atoms with Gasteiger partial charge in [-0.3, -0.25) is 0 Å². The van der Waals surface area contributed by atoms with E-state index in [1.807, 2.05) is 0 Å². The fraction of sp³-hybridized carbons (Fsp3) is 0.208. The molecule has 1 radical (unpaired) electrons. The molecule has 3 aromatic carbocycles. The number of benzene rings is 3. The van der Waals surface area contributed by atoms with Gasteiger partial charge in [-0.05, 0) is 44.1 Å². The molecule has 3 nitrogen and oxygen atoms in total. The number of rotatable bonds is 5. The third-order valence-corrected chi connectivity index (χ3v) is 6.17. The van der Waals surface area contributed by atoms with Crippen LogP contribution in [0.1, 0.15) is 20.3 Å². The van der Waals surface area contributed by atoms with Crippen LogP contribution in [0.15, 0.2) is 91.0 Å². The fourth-order valence-corrected chi connectivity index (χ4v) is 4.98. The summed E-state index contributed by atoms with van der Waals surface area (Å²) < 4.78 is 7.50. The zero-order valence-electron chi connectivity index (χ0n) is 16.6. The maximum atomic E-state index is 8.56. The Morgan fingerprint density at radius 3 is 1.07 bits per heavy atom. The van der Waals surface area contributed by atoms with E-state index >= 15 is 0 Å². The van der Waals surface area contributed by atoms with Crippen molar-refractivity contribution in [3.8, 4) is 0 Å². The standard InChI is InChI=1S/C18H15P.C5H12O2.CO.Rh/c1-4-10-16(11-5-1)19(17-12-6-2-7-13-17)18-14-8-3-9-15-18;1-4(6)3-5(2)7;1-2;/h1-15H;4-7H,3H2,1-2H3;;.